The smallest absolute Gasteiger partial charge is 0.224 e. The Bertz CT molecular complexity index is 405. The number of hydrogen-bond donors (Lipinski definition) is 2. The number of anilines is 1. The molecule has 0 bridgehead atoms. The van der Waals surface area contributed by atoms with Crippen LogP contribution in [0.5, 0.6) is 5.75 Å². The van der Waals surface area contributed by atoms with Crippen LogP contribution in [0.1, 0.15) is 37.7 Å². The summed E-state index contributed by atoms with van der Waals surface area (Å²) in [6.07, 6.45) is 4.69. The van der Waals surface area contributed by atoms with E-state index in [0.717, 1.165) is 49.2 Å². The topological polar surface area (TPSA) is 64.3 Å². The molecule has 0 aliphatic heterocycles. The van der Waals surface area contributed by atoms with Gasteiger partial charge in [-0.25, -0.2) is 0 Å². The van der Waals surface area contributed by atoms with Crippen LogP contribution in [-0.4, -0.2) is 19.6 Å². The van der Waals surface area contributed by atoms with E-state index in [1.807, 2.05) is 25.1 Å². The summed E-state index contributed by atoms with van der Waals surface area (Å²) >= 11 is 0. The summed E-state index contributed by atoms with van der Waals surface area (Å²) in [6, 6.07) is 5.65. The van der Waals surface area contributed by atoms with E-state index in [2.05, 4.69) is 5.32 Å². The van der Waals surface area contributed by atoms with Crippen LogP contribution in [0.2, 0.25) is 0 Å². The lowest BCUT2D eigenvalue weighted by Crippen LogP contribution is -2.11. The van der Waals surface area contributed by atoms with E-state index in [-0.39, 0.29) is 5.91 Å². The van der Waals surface area contributed by atoms with Crippen molar-refractivity contribution in [3.63, 3.8) is 0 Å². The Labute approximate surface area is 115 Å². The Morgan fingerprint density at radius 3 is 2.63 bits per heavy atom. The van der Waals surface area contributed by atoms with Crippen molar-refractivity contribution in [1.82, 2.24) is 0 Å². The summed E-state index contributed by atoms with van der Waals surface area (Å²) in [5.41, 5.74) is 7.26. The molecular formula is C15H24N2O2. The Balaban J connectivity index is 2.34. The van der Waals surface area contributed by atoms with Crippen molar-refractivity contribution in [3.8, 4) is 5.75 Å². The van der Waals surface area contributed by atoms with Crippen molar-refractivity contribution >= 4 is 11.6 Å². The fourth-order valence-corrected chi connectivity index (χ4v) is 1.96. The van der Waals surface area contributed by atoms with Gasteiger partial charge in [-0.1, -0.05) is 12.8 Å². The fourth-order valence-electron chi connectivity index (χ4n) is 1.96. The number of rotatable bonds is 8. The maximum atomic E-state index is 11.7. The van der Waals surface area contributed by atoms with Gasteiger partial charge in [-0.2, -0.15) is 0 Å². The highest BCUT2D eigenvalue weighted by atomic mass is 16.5. The van der Waals surface area contributed by atoms with E-state index in [9.17, 15) is 4.79 Å². The van der Waals surface area contributed by atoms with Gasteiger partial charge in [0.15, 0.2) is 0 Å². The van der Waals surface area contributed by atoms with Crippen LogP contribution >= 0.6 is 0 Å². The first kappa shape index (κ1) is 15.5. The average Bonchev–Trinajstić information content (AvgIpc) is 2.39. The molecule has 0 aliphatic carbocycles. The van der Waals surface area contributed by atoms with E-state index < -0.39 is 0 Å². The highest BCUT2D eigenvalue weighted by molar-refractivity contribution is 5.90. The monoisotopic (exact) mass is 264 g/mol. The second kappa shape index (κ2) is 8.53. The highest BCUT2D eigenvalue weighted by Gasteiger charge is 2.04. The minimum absolute atomic E-state index is 0.0670. The minimum Gasteiger partial charge on any atom is -0.496 e. The summed E-state index contributed by atoms with van der Waals surface area (Å²) in [5.74, 6) is 0.900. The fraction of sp³-hybridized carbons (Fsp3) is 0.533. The van der Waals surface area contributed by atoms with Crippen molar-refractivity contribution in [3.05, 3.63) is 23.8 Å². The quantitative estimate of drug-likeness (QED) is 0.710. The summed E-state index contributed by atoms with van der Waals surface area (Å²) in [5, 5.41) is 2.91. The number of carbonyl (C=O) groups excluding carboxylic acids is 1. The molecule has 1 rings (SSSR count). The van der Waals surface area contributed by atoms with Crippen LogP contribution in [0.4, 0.5) is 5.69 Å². The summed E-state index contributed by atoms with van der Waals surface area (Å²) in [4.78, 5) is 11.7. The van der Waals surface area contributed by atoms with Gasteiger partial charge in [-0.3, -0.25) is 4.79 Å². The first-order valence-corrected chi connectivity index (χ1v) is 6.82. The van der Waals surface area contributed by atoms with E-state index in [1.165, 1.54) is 0 Å². The van der Waals surface area contributed by atoms with Gasteiger partial charge in [0, 0.05) is 12.1 Å². The van der Waals surface area contributed by atoms with Crippen molar-refractivity contribution < 1.29 is 9.53 Å². The van der Waals surface area contributed by atoms with Crippen molar-refractivity contribution in [2.45, 2.75) is 39.0 Å². The zero-order valence-corrected chi connectivity index (χ0v) is 11.9. The number of aryl methyl sites for hydroxylation is 1. The van der Waals surface area contributed by atoms with Crippen LogP contribution in [-0.2, 0) is 4.79 Å². The summed E-state index contributed by atoms with van der Waals surface area (Å²) in [6.45, 7) is 2.69. The van der Waals surface area contributed by atoms with Gasteiger partial charge in [0.1, 0.15) is 5.75 Å². The molecule has 0 aliphatic rings. The highest BCUT2D eigenvalue weighted by Crippen LogP contribution is 2.21. The van der Waals surface area contributed by atoms with E-state index in [1.54, 1.807) is 7.11 Å². The number of nitrogens with one attached hydrogen (secondary N) is 1. The molecule has 0 heterocycles. The second-order valence-electron chi connectivity index (χ2n) is 4.69. The van der Waals surface area contributed by atoms with Crippen molar-refractivity contribution in [2.75, 3.05) is 19.0 Å². The summed E-state index contributed by atoms with van der Waals surface area (Å²) in [7, 11) is 1.64. The third-order valence-electron chi connectivity index (χ3n) is 3.04. The van der Waals surface area contributed by atoms with Gasteiger partial charge in [0.25, 0.3) is 0 Å². The molecule has 4 heteroatoms. The zero-order chi connectivity index (χ0) is 14.1. The van der Waals surface area contributed by atoms with Gasteiger partial charge in [0.05, 0.1) is 7.11 Å². The molecule has 4 nitrogen and oxygen atoms in total. The predicted molar refractivity (Wildman–Crippen MR) is 78.5 cm³/mol. The predicted octanol–water partition coefficient (Wildman–Crippen LogP) is 2.85. The molecule has 0 atom stereocenters. The molecule has 0 unspecified atom stereocenters. The lowest BCUT2D eigenvalue weighted by atomic mass is 10.1. The molecule has 0 radical (unpaired) electrons. The molecule has 19 heavy (non-hydrogen) atoms. The van der Waals surface area contributed by atoms with Crippen LogP contribution in [0, 0.1) is 6.92 Å². The number of hydrogen-bond acceptors (Lipinski definition) is 3. The largest absolute Gasteiger partial charge is 0.496 e. The van der Waals surface area contributed by atoms with Gasteiger partial charge in [0.2, 0.25) is 5.91 Å². The summed E-state index contributed by atoms with van der Waals surface area (Å²) < 4.78 is 5.18. The molecule has 3 N–H and O–H groups in total. The molecule has 0 fully saturated rings. The minimum atomic E-state index is 0.0670. The molecule has 0 saturated heterocycles. The second-order valence-corrected chi connectivity index (χ2v) is 4.69. The van der Waals surface area contributed by atoms with Crippen LogP contribution in [0.25, 0.3) is 0 Å². The normalized spacial score (nSPS) is 10.3. The standard InChI is InChI=1S/C15H24N2O2/c1-12-11-13(8-9-14(12)19-2)17-15(18)7-5-3-4-6-10-16/h8-9,11H,3-7,10,16H2,1-2H3,(H,17,18). The maximum absolute atomic E-state index is 11.7. The van der Waals surface area contributed by atoms with Crippen LogP contribution in [0.3, 0.4) is 0 Å². The maximum Gasteiger partial charge on any atom is 0.224 e. The third kappa shape index (κ3) is 5.75. The van der Waals surface area contributed by atoms with E-state index >= 15 is 0 Å². The Hall–Kier alpha value is -1.55. The number of benzene rings is 1. The average molecular weight is 264 g/mol. The molecule has 0 saturated carbocycles. The third-order valence-corrected chi connectivity index (χ3v) is 3.04. The zero-order valence-electron chi connectivity index (χ0n) is 11.9. The van der Waals surface area contributed by atoms with Crippen LogP contribution < -0.4 is 15.8 Å². The number of unbranched alkanes of at least 4 members (excludes halogenated alkanes) is 3. The van der Waals surface area contributed by atoms with E-state index in [4.69, 9.17) is 10.5 Å². The van der Waals surface area contributed by atoms with Crippen LogP contribution in [0.15, 0.2) is 18.2 Å². The Morgan fingerprint density at radius 2 is 2.00 bits per heavy atom. The molecule has 1 aromatic rings. The molecule has 0 aromatic heterocycles. The van der Waals surface area contributed by atoms with Gasteiger partial charge >= 0.3 is 0 Å². The SMILES string of the molecule is COc1ccc(NC(=O)CCCCCCN)cc1C. The number of ether oxygens (including phenoxy) is 1. The van der Waals surface area contributed by atoms with Crippen molar-refractivity contribution in [1.29, 1.82) is 0 Å². The van der Waals surface area contributed by atoms with Gasteiger partial charge in [-0.15, -0.1) is 0 Å². The molecule has 106 valence electrons. The first-order chi connectivity index (χ1) is 9.17. The Morgan fingerprint density at radius 1 is 1.26 bits per heavy atom. The lowest BCUT2D eigenvalue weighted by Gasteiger charge is -2.09. The number of methoxy groups -OCH3 is 1. The Kier molecular flexibility index (Phi) is 6.97. The van der Waals surface area contributed by atoms with Crippen molar-refractivity contribution in [2.24, 2.45) is 5.73 Å². The van der Waals surface area contributed by atoms with Gasteiger partial charge < -0.3 is 15.8 Å². The van der Waals surface area contributed by atoms with Gasteiger partial charge in [-0.05, 0) is 50.1 Å². The molecule has 1 aromatic carbocycles. The number of amides is 1. The first-order valence-electron chi connectivity index (χ1n) is 6.82. The molecular weight excluding hydrogens is 240 g/mol. The van der Waals surface area contributed by atoms with E-state index in [0.29, 0.717) is 6.42 Å². The number of carbonyl (C=O) groups is 1. The molecule has 1 amide bonds. The number of nitrogens with two attached hydrogens (primary N) is 1. The molecule has 0 spiro atoms. The lowest BCUT2D eigenvalue weighted by molar-refractivity contribution is -0.116.